The lowest BCUT2D eigenvalue weighted by molar-refractivity contribution is 0.103. The minimum absolute atomic E-state index is 0.171. The summed E-state index contributed by atoms with van der Waals surface area (Å²) in [6, 6.07) is 9.09. The first-order valence-corrected chi connectivity index (χ1v) is 9.39. The zero-order valence-corrected chi connectivity index (χ0v) is 16.3. The van der Waals surface area contributed by atoms with Crippen LogP contribution in [0.3, 0.4) is 0 Å². The van der Waals surface area contributed by atoms with Crippen LogP contribution in [-0.4, -0.2) is 23.0 Å². The lowest BCUT2D eigenvalue weighted by Crippen LogP contribution is -2.11. The number of rotatable bonds is 7. The van der Waals surface area contributed by atoms with Gasteiger partial charge in [0, 0.05) is 24.1 Å². The lowest BCUT2D eigenvalue weighted by atomic mass is 10.2. The smallest absolute Gasteiger partial charge is 0.267 e. The molecule has 1 amide bonds. The van der Waals surface area contributed by atoms with Crippen LogP contribution >= 0.6 is 11.3 Å². The molecule has 0 radical (unpaired) electrons. The van der Waals surface area contributed by atoms with Gasteiger partial charge in [-0.25, -0.2) is 4.98 Å². The number of hydrogen-bond donors (Lipinski definition) is 1. The van der Waals surface area contributed by atoms with Gasteiger partial charge >= 0.3 is 0 Å². The Bertz CT molecular complexity index is 925. The van der Waals surface area contributed by atoms with Crippen LogP contribution in [0.25, 0.3) is 0 Å². The number of aromatic nitrogens is 2. The first-order valence-electron chi connectivity index (χ1n) is 8.58. The number of nitrogens with zero attached hydrogens (tertiary/aromatic N) is 2. The van der Waals surface area contributed by atoms with E-state index in [-0.39, 0.29) is 5.91 Å². The molecule has 3 aromatic rings. The molecular formula is C20H21N3O3S. The lowest BCUT2D eigenvalue weighted by Gasteiger charge is -2.13. The fourth-order valence-electron chi connectivity index (χ4n) is 2.51. The van der Waals surface area contributed by atoms with Gasteiger partial charge in [0.15, 0.2) is 11.5 Å². The highest BCUT2D eigenvalue weighted by atomic mass is 32.1. The summed E-state index contributed by atoms with van der Waals surface area (Å²) in [6.45, 7) is 4.25. The van der Waals surface area contributed by atoms with Gasteiger partial charge in [0.25, 0.3) is 5.91 Å². The Labute approximate surface area is 162 Å². The molecule has 2 aromatic heterocycles. The van der Waals surface area contributed by atoms with Crippen LogP contribution in [0, 0.1) is 6.92 Å². The largest absolute Gasteiger partial charge is 0.493 e. The molecule has 0 saturated heterocycles. The quantitative estimate of drug-likeness (QED) is 0.660. The van der Waals surface area contributed by atoms with Crippen LogP contribution in [0.5, 0.6) is 11.5 Å². The van der Waals surface area contributed by atoms with Gasteiger partial charge in [-0.3, -0.25) is 9.78 Å². The molecule has 7 heteroatoms. The Hall–Kier alpha value is -2.93. The maximum absolute atomic E-state index is 12.6. The van der Waals surface area contributed by atoms with Crippen molar-refractivity contribution in [2.24, 2.45) is 0 Å². The number of hydrogen-bond acceptors (Lipinski definition) is 6. The average Bonchev–Trinajstić information content (AvgIpc) is 3.08. The van der Waals surface area contributed by atoms with Crippen molar-refractivity contribution in [3.05, 3.63) is 63.9 Å². The third-order valence-electron chi connectivity index (χ3n) is 3.91. The SMILES string of the molecule is CCc1nc(C)c(C(=O)Nc2ccc(OC)c(OCc3ccncc3)c2)s1. The summed E-state index contributed by atoms with van der Waals surface area (Å²) in [6.07, 6.45) is 4.25. The zero-order valence-electron chi connectivity index (χ0n) is 15.5. The van der Waals surface area contributed by atoms with Gasteiger partial charge in [-0.2, -0.15) is 0 Å². The molecule has 27 heavy (non-hydrogen) atoms. The molecule has 0 atom stereocenters. The first-order chi connectivity index (χ1) is 13.1. The molecule has 0 bridgehead atoms. The Morgan fingerprint density at radius 3 is 2.63 bits per heavy atom. The zero-order chi connectivity index (χ0) is 19.2. The van der Waals surface area contributed by atoms with Crippen LogP contribution in [-0.2, 0) is 13.0 Å². The van der Waals surface area contributed by atoms with Crippen molar-refractivity contribution in [1.29, 1.82) is 0 Å². The molecule has 140 valence electrons. The van der Waals surface area contributed by atoms with E-state index in [2.05, 4.69) is 15.3 Å². The number of pyridine rings is 1. The van der Waals surface area contributed by atoms with Gasteiger partial charge in [-0.1, -0.05) is 6.92 Å². The third-order valence-corrected chi connectivity index (χ3v) is 5.22. The monoisotopic (exact) mass is 383 g/mol. The van der Waals surface area contributed by atoms with Gasteiger partial charge in [0.1, 0.15) is 11.5 Å². The summed E-state index contributed by atoms with van der Waals surface area (Å²) in [5, 5.41) is 3.86. The van der Waals surface area contributed by atoms with Gasteiger partial charge in [0.2, 0.25) is 0 Å². The molecule has 0 fully saturated rings. The number of nitrogens with one attached hydrogen (secondary N) is 1. The fraction of sp³-hybridized carbons (Fsp3) is 0.250. The Kier molecular flexibility index (Phi) is 6.03. The van der Waals surface area contributed by atoms with Gasteiger partial charge in [-0.05, 0) is 43.2 Å². The second-order valence-electron chi connectivity index (χ2n) is 5.84. The summed E-state index contributed by atoms with van der Waals surface area (Å²) >= 11 is 1.42. The average molecular weight is 383 g/mol. The van der Waals surface area contributed by atoms with Gasteiger partial charge in [0.05, 0.1) is 17.8 Å². The Morgan fingerprint density at radius 1 is 1.19 bits per heavy atom. The number of methoxy groups -OCH3 is 1. The molecule has 3 rings (SSSR count). The predicted octanol–water partition coefficient (Wildman–Crippen LogP) is 4.25. The molecule has 0 aliphatic heterocycles. The highest BCUT2D eigenvalue weighted by molar-refractivity contribution is 7.13. The molecule has 0 aliphatic rings. The maximum Gasteiger partial charge on any atom is 0.267 e. The van der Waals surface area contributed by atoms with Crippen molar-refractivity contribution in [3.63, 3.8) is 0 Å². The van der Waals surface area contributed by atoms with E-state index in [1.54, 1.807) is 37.7 Å². The van der Waals surface area contributed by atoms with Gasteiger partial charge in [-0.15, -0.1) is 11.3 Å². The van der Waals surface area contributed by atoms with E-state index in [1.165, 1.54) is 11.3 Å². The van der Waals surface area contributed by atoms with E-state index in [1.807, 2.05) is 26.0 Å². The van der Waals surface area contributed by atoms with Crippen molar-refractivity contribution in [2.45, 2.75) is 26.9 Å². The predicted molar refractivity (Wildman–Crippen MR) is 106 cm³/mol. The summed E-state index contributed by atoms with van der Waals surface area (Å²) in [4.78, 5) is 21.6. The molecule has 0 spiro atoms. The van der Waals surface area contributed by atoms with E-state index in [4.69, 9.17) is 9.47 Å². The second kappa shape index (κ2) is 8.64. The van der Waals surface area contributed by atoms with E-state index < -0.39 is 0 Å². The first kappa shape index (κ1) is 18.8. The minimum atomic E-state index is -0.171. The number of thiazole rings is 1. The topological polar surface area (TPSA) is 73.3 Å². The summed E-state index contributed by atoms with van der Waals surface area (Å²) in [5.74, 6) is 0.988. The summed E-state index contributed by atoms with van der Waals surface area (Å²) in [5.41, 5.74) is 2.38. The Morgan fingerprint density at radius 2 is 1.96 bits per heavy atom. The normalized spacial score (nSPS) is 10.5. The molecule has 2 heterocycles. The molecule has 6 nitrogen and oxygen atoms in total. The number of carbonyl (C=O) groups excluding carboxylic acids is 1. The van der Waals surface area contributed by atoms with Crippen molar-refractivity contribution < 1.29 is 14.3 Å². The molecule has 0 aliphatic carbocycles. The number of aryl methyl sites for hydroxylation is 2. The highest BCUT2D eigenvalue weighted by Gasteiger charge is 2.16. The van der Waals surface area contributed by atoms with Crippen molar-refractivity contribution in [3.8, 4) is 11.5 Å². The summed E-state index contributed by atoms with van der Waals surface area (Å²) < 4.78 is 11.2. The minimum Gasteiger partial charge on any atom is -0.493 e. The summed E-state index contributed by atoms with van der Waals surface area (Å²) in [7, 11) is 1.58. The van der Waals surface area contributed by atoms with Crippen molar-refractivity contribution in [1.82, 2.24) is 9.97 Å². The molecule has 1 aromatic carbocycles. The van der Waals surface area contributed by atoms with Gasteiger partial charge < -0.3 is 14.8 Å². The van der Waals surface area contributed by atoms with Crippen molar-refractivity contribution >= 4 is 22.9 Å². The van der Waals surface area contributed by atoms with Crippen LogP contribution in [0.1, 0.15) is 32.9 Å². The third kappa shape index (κ3) is 4.62. The number of anilines is 1. The van der Waals surface area contributed by atoms with E-state index in [9.17, 15) is 4.79 Å². The molecule has 0 saturated carbocycles. The van der Waals surface area contributed by atoms with E-state index in [0.717, 1.165) is 22.7 Å². The Balaban J connectivity index is 1.75. The number of ether oxygens (including phenoxy) is 2. The van der Waals surface area contributed by atoms with Crippen LogP contribution in [0.2, 0.25) is 0 Å². The fourth-order valence-corrected chi connectivity index (χ4v) is 3.41. The standard InChI is InChI=1S/C20H21N3O3S/c1-4-18-22-13(2)19(27-18)20(24)23-15-5-6-16(25-3)17(11-15)26-12-14-7-9-21-10-8-14/h5-11H,4,12H2,1-3H3,(H,23,24). The van der Waals surface area contributed by atoms with Crippen LogP contribution in [0.4, 0.5) is 5.69 Å². The number of carbonyl (C=O) groups is 1. The van der Waals surface area contributed by atoms with Crippen LogP contribution in [0.15, 0.2) is 42.7 Å². The molecular weight excluding hydrogens is 362 g/mol. The molecule has 1 N–H and O–H groups in total. The second-order valence-corrected chi connectivity index (χ2v) is 6.92. The maximum atomic E-state index is 12.6. The van der Waals surface area contributed by atoms with E-state index in [0.29, 0.717) is 28.7 Å². The highest BCUT2D eigenvalue weighted by Crippen LogP contribution is 2.31. The van der Waals surface area contributed by atoms with Crippen molar-refractivity contribution in [2.75, 3.05) is 12.4 Å². The molecule has 0 unspecified atom stereocenters. The number of benzene rings is 1. The number of amides is 1. The van der Waals surface area contributed by atoms with Crippen LogP contribution < -0.4 is 14.8 Å². The van der Waals surface area contributed by atoms with E-state index >= 15 is 0 Å².